The van der Waals surface area contributed by atoms with Gasteiger partial charge in [-0.25, -0.2) is 4.79 Å². The van der Waals surface area contributed by atoms with E-state index in [4.69, 9.17) is 4.74 Å². The number of carboxylic acids is 1. The summed E-state index contributed by atoms with van der Waals surface area (Å²) in [6, 6.07) is 15.8. The molecule has 0 bridgehead atoms. The van der Waals surface area contributed by atoms with Crippen molar-refractivity contribution in [3.8, 4) is 11.1 Å². The van der Waals surface area contributed by atoms with Gasteiger partial charge in [-0.05, 0) is 41.5 Å². The molecule has 3 N–H and O–H groups in total. The Morgan fingerprint density at radius 2 is 1.62 bits per heavy atom. The van der Waals surface area contributed by atoms with Crippen LogP contribution in [0.15, 0.2) is 48.5 Å². The van der Waals surface area contributed by atoms with Gasteiger partial charge in [-0.15, -0.1) is 0 Å². The molecule has 1 fully saturated rings. The number of hydrogen-bond donors (Lipinski definition) is 3. The molecular weight excluding hydrogens is 432 g/mol. The molecule has 2 aliphatic carbocycles. The first kappa shape index (κ1) is 23.8. The van der Waals surface area contributed by atoms with Crippen LogP contribution in [0.25, 0.3) is 11.1 Å². The topological polar surface area (TPSA) is 105 Å². The third-order valence-electron chi connectivity index (χ3n) is 6.97. The fourth-order valence-corrected chi connectivity index (χ4v) is 5.33. The monoisotopic (exact) mass is 464 g/mol. The lowest BCUT2D eigenvalue weighted by molar-refractivity contribution is -0.138. The number of hydrogen-bond acceptors (Lipinski definition) is 4. The number of benzene rings is 2. The van der Waals surface area contributed by atoms with E-state index in [9.17, 15) is 19.5 Å². The molecule has 0 heterocycles. The number of carbonyl (C=O) groups is 3. The zero-order valence-corrected chi connectivity index (χ0v) is 19.5. The van der Waals surface area contributed by atoms with Crippen LogP contribution in [0.1, 0.15) is 68.9 Å². The van der Waals surface area contributed by atoms with E-state index in [-0.39, 0.29) is 24.9 Å². The molecule has 0 radical (unpaired) electrons. The molecule has 180 valence electrons. The highest BCUT2D eigenvalue weighted by molar-refractivity contribution is 5.91. The number of fused-ring (bicyclic) bond motifs is 3. The molecule has 4 rings (SSSR count). The molecule has 2 amide bonds. The van der Waals surface area contributed by atoms with Gasteiger partial charge in [-0.1, -0.05) is 74.7 Å². The second kappa shape index (κ2) is 10.3. The lowest BCUT2D eigenvalue weighted by Crippen LogP contribution is -2.59. The van der Waals surface area contributed by atoms with Crippen molar-refractivity contribution in [2.45, 2.75) is 69.4 Å². The maximum Gasteiger partial charge on any atom is 0.408 e. The zero-order valence-electron chi connectivity index (χ0n) is 19.5. The third-order valence-corrected chi connectivity index (χ3v) is 6.97. The molecule has 7 heteroatoms. The van der Waals surface area contributed by atoms with Crippen LogP contribution in [0.3, 0.4) is 0 Å². The van der Waals surface area contributed by atoms with E-state index in [0.29, 0.717) is 19.3 Å². The van der Waals surface area contributed by atoms with Gasteiger partial charge in [0.25, 0.3) is 0 Å². The molecule has 0 aromatic heterocycles. The minimum Gasteiger partial charge on any atom is -0.481 e. The Hall–Kier alpha value is -3.35. The van der Waals surface area contributed by atoms with Gasteiger partial charge in [0.2, 0.25) is 5.91 Å². The highest BCUT2D eigenvalue weighted by Gasteiger charge is 2.44. The summed E-state index contributed by atoms with van der Waals surface area (Å²) in [4.78, 5) is 37.2. The van der Waals surface area contributed by atoms with Crippen molar-refractivity contribution in [1.29, 1.82) is 0 Å². The number of rotatable bonds is 9. The van der Waals surface area contributed by atoms with Gasteiger partial charge in [0.05, 0.1) is 6.42 Å². The van der Waals surface area contributed by atoms with Crippen molar-refractivity contribution in [3.63, 3.8) is 0 Å². The van der Waals surface area contributed by atoms with Gasteiger partial charge >= 0.3 is 12.1 Å². The normalized spacial score (nSPS) is 16.9. The summed E-state index contributed by atoms with van der Waals surface area (Å²) in [5, 5.41) is 14.9. The summed E-state index contributed by atoms with van der Waals surface area (Å²) in [6.45, 7) is 2.12. The average Bonchev–Trinajstić information content (AvgIpc) is 3.41. The second-order valence-electron chi connectivity index (χ2n) is 9.30. The summed E-state index contributed by atoms with van der Waals surface area (Å²) in [6.07, 6.45) is 3.21. The molecule has 1 atom stereocenters. The van der Waals surface area contributed by atoms with Crippen molar-refractivity contribution in [2.75, 3.05) is 6.61 Å². The summed E-state index contributed by atoms with van der Waals surface area (Å²) >= 11 is 0. The van der Waals surface area contributed by atoms with Gasteiger partial charge in [-0.3, -0.25) is 9.59 Å². The fourth-order valence-electron chi connectivity index (χ4n) is 5.33. The average molecular weight is 465 g/mol. The Bertz CT molecular complexity index is 1010. The number of ether oxygens (including phenoxy) is 1. The molecule has 7 nitrogen and oxygen atoms in total. The lowest BCUT2D eigenvalue weighted by atomic mass is 9.95. The van der Waals surface area contributed by atoms with E-state index in [1.807, 2.05) is 31.2 Å². The van der Waals surface area contributed by atoms with Crippen LogP contribution in [0, 0.1) is 0 Å². The minimum atomic E-state index is -1.06. The van der Waals surface area contributed by atoms with E-state index >= 15 is 0 Å². The van der Waals surface area contributed by atoms with Crippen molar-refractivity contribution in [1.82, 2.24) is 10.6 Å². The zero-order chi connectivity index (χ0) is 24.1. The van der Waals surface area contributed by atoms with Crippen LogP contribution in [0.5, 0.6) is 0 Å². The van der Waals surface area contributed by atoms with Crippen LogP contribution in [-0.2, 0) is 14.3 Å². The number of carbonyl (C=O) groups excluding carboxylic acids is 2. The molecule has 1 saturated carbocycles. The predicted octanol–water partition coefficient (Wildman–Crippen LogP) is 4.60. The van der Waals surface area contributed by atoms with Gasteiger partial charge in [0, 0.05) is 12.0 Å². The first-order valence-corrected chi connectivity index (χ1v) is 12.1. The molecular formula is C27H32N2O5. The van der Waals surface area contributed by atoms with Gasteiger partial charge < -0.3 is 20.5 Å². The second-order valence-corrected chi connectivity index (χ2v) is 9.30. The number of amides is 2. The van der Waals surface area contributed by atoms with E-state index < -0.39 is 23.6 Å². The number of aliphatic carboxylic acids is 1. The molecule has 0 saturated heterocycles. The van der Waals surface area contributed by atoms with E-state index in [1.165, 1.54) is 0 Å². The van der Waals surface area contributed by atoms with Crippen molar-refractivity contribution in [3.05, 3.63) is 59.7 Å². The molecule has 34 heavy (non-hydrogen) atoms. The van der Waals surface area contributed by atoms with Crippen LogP contribution >= 0.6 is 0 Å². The number of nitrogens with one attached hydrogen (secondary N) is 2. The molecule has 2 aromatic rings. The molecule has 0 unspecified atom stereocenters. The van der Waals surface area contributed by atoms with Crippen molar-refractivity contribution >= 4 is 18.0 Å². The van der Waals surface area contributed by atoms with Gasteiger partial charge in [0.15, 0.2) is 0 Å². The highest BCUT2D eigenvalue weighted by atomic mass is 16.5. The van der Waals surface area contributed by atoms with Crippen LogP contribution < -0.4 is 10.6 Å². The summed E-state index contributed by atoms with van der Waals surface area (Å²) in [5.41, 5.74) is 3.49. The third kappa shape index (κ3) is 4.93. The fraction of sp³-hybridized carbons (Fsp3) is 0.444. The Morgan fingerprint density at radius 1 is 1.03 bits per heavy atom. The first-order chi connectivity index (χ1) is 16.4. The van der Waals surface area contributed by atoms with E-state index in [2.05, 4.69) is 34.9 Å². The largest absolute Gasteiger partial charge is 0.481 e. The van der Waals surface area contributed by atoms with Crippen molar-refractivity contribution in [2.24, 2.45) is 0 Å². The molecule has 0 aliphatic heterocycles. The van der Waals surface area contributed by atoms with Gasteiger partial charge in [-0.2, -0.15) is 0 Å². The van der Waals surface area contributed by atoms with E-state index in [0.717, 1.165) is 41.5 Å². The number of carboxylic acid groups (broad SMARTS) is 1. The minimum absolute atomic E-state index is 0.0593. The van der Waals surface area contributed by atoms with Crippen LogP contribution in [0.4, 0.5) is 4.79 Å². The first-order valence-electron chi connectivity index (χ1n) is 12.1. The van der Waals surface area contributed by atoms with Crippen molar-refractivity contribution < 1.29 is 24.2 Å². The predicted molar refractivity (Wildman–Crippen MR) is 128 cm³/mol. The Labute approximate surface area is 199 Å². The summed E-state index contributed by atoms with van der Waals surface area (Å²) < 4.78 is 5.67. The van der Waals surface area contributed by atoms with Crippen LogP contribution in [0.2, 0.25) is 0 Å². The Balaban J connectivity index is 1.43. The SMILES string of the molecule is CCC[C@H](CC(=O)O)NC(=O)C1(NC(=O)OCC2c3ccccc3-c3ccccc32)CCCC1. The Morgan fingerprint density at radius 3 is 2.18 bits per heavy atom. The molecule has 2 aliphatic rings. The highest BCUT2D eigenvalue weighted by Crippen LogP contribution is 2.44. The number of alkyl carbamates (subject to hydrolysis) is 1. The standard InChI is InChI=1S/C27H32N2O5/c1-2-9-18(16-24(30)31)28-25(32)27(14-7-8-15-27)29-26(33)34-17-23-21-12-5-3-10-19(21)20-11-4-6-13-22(20)23/h3-6,10-13,18,23H,2,7-9,14-17H2,1H3,(H,28,32)(H,29,33)(H,30,31)/t18-/m1/s1. The maximum absolute atomic E-state index is 13.2. The van der Waals surface area contributed by atoms with E-state index in [1.54, 1.807) is 0 Å². The maximum atomic E-state index is 13.2. The lowest BCUT2D eigenvalue weighted by Gasteiger charge is -2.31. The summed E-state index contributed by atoms with van der Waals surface area (Å²) in [5.74, 6) is -1.34. The summed E-state index contributed by atoms with van der Waals surface area (Å²) in [7, 11) is 0. The van der Waals surface area contributed by atoms with Crippen LogP contribution in [-0.4, -0.2) is 41.3 Å². The molecule has 0 spiro atoms. The van der Waals surface area contributed by atoms with Gasteiger partial charge in [0.1, 0.15) is 12.1 Å². The quantitative estimate of drug-likeness (QED) is 0.503. The molecule has 2 aromatic carbocycles. The Kier molecular flexibility index (Phi) is 7.20. The smallest absolute Gasteiger partial charge is 0.408 e.